The summed E-state index contributed by atoms with van der Waals surface area (Å²) in [5.41, 5.74) is -1.25. The monoisotopic (exact) mass is 459 g/mol. The highest BCUT2D eigenvalue weighted by Crippen LogP contribution is 2.34. The predicted octanol–water partition coefficient (Wildman–Crippen LogP) is 3.61. The molecule has 1 aromatic heterocycles. The number of nitrogens with zero attached hydrogens (tertiary/aromatic N) is 2. The number of imidazole rings is 1. The number of aromatic nitrogens is 2. The number of anilines is 1. The zero-order chi connectivity index (χ0) is 23.5. The van der Waals surface area contributed by atoms with Crippen LogP contribution < -0.4 is 11.0 Å². The van der Waals surface area contributed by atoms with Crippen molar-refractivity contribution >= 4 is 23.3 Å². The molecule has 1 atom stereocenters. The fourth-order valence-corrected chi connectivity index (χ4v) is 3.02. The molecule has 168 valence electrons. The fraction of sp³-hybridized carbons (Fsp3) is 0.400. The van der Waals surface area contributed by atoms with Crippen molar-refractivity contribution in [2.24, 2.45) is 5.92 Å². The summed E-state index contributed by atoms with van der Waals surface area (Å²) in [5.74, 6) is 0.757. The van der Waals surface area contributed by atoms with Gasteiger partial charge in [-0.2, -0.15) is 13.2 Å². The molecular weight excluding hydrogens is 439 g/mol. The molecule has 0 bridgehead atoms. The Kier molecular flexibility index (Phi) is 7.33. The van der Waals surface area contributed by atoms with Crippen molar-refractivity contribution in [2.45, 2.75) is 46.3 Å². The van der Waals surface area contributed by atoms with Crippen LogP contribution in [0.1, 0.15) is 25.1 Å². The van der Waals surface area contributed by atoms with Crippen LogP contribution in [-0.4, -0.2) is 26.3 Å². The van der Waals surface area contributed by atoms with Crippen LogP contribution in [0.3, 0.4) is 0 Å². The summed E-state index contributed by atoms with van der Waals surface area (Å²) in [6.45, 7) is 4.22. The van der Waals surface area contributed by atoms with Gasteiger partial charge < -0.3 is 15.2 Å². The molecule has 1 unspecified atom stereocenters. The maximum atomic E-state index is 12.8. The minimum atomic E-state index is -4.55. The number of hydrogen-bond donors (Lipinski definition) is 2. The van der Waals surface area contributed by atoms with Crippen LogP contribution >= 0.6 is 11.6 Å². The Morgan fingerprint density at radius 2 is 2.00 bits per heavy atom. The lowest BCUT2D eigenvalue weighted by Gasteiger charge is -2.23. The summed E-state index contributed by atoms with van der Waals surface area (Å²) in [6, 6.07) is 1.72. The Bertz CT molecular complexity index is 1070. The number of aromatic hydroxyl groups is 1. The SMILES string of the molecule is C#CCn1c(C)c(O)n(COC(=O)C(Nc2ccc(C(F)(F)F)cc2Cl)C(C)C)c1=O. The smallest absolute Gasteiger partial charge is 0.416 e. The second-order valence-electron chi connectivity index (χ2n) is 7.06. The van der Waals surface area contributed by atoms with Gasteiger partial charge in [0.2, 0.25) is 5.88 Å². The third-order valence-corrected chi connectivity index (χ3v) is 4.87. The first kappa shape index (κ1) is 24.2. The normalized spacial score (nSPS) is 12.5. The Morgan fingerprint density at radius 3 is 2.52 bits per heavy atom. The van der Waals surface area contributed by atoms with E-state index in [2.05, 4.69) is 11.2 Å². The van der Waals surface area contributed by atoms with Crippen LogP contribution in [0.25, 0.3) is 0 Å². The zero-order valence-electron chi connectivity index (χ0n) is 17.0. The molecule has 0 aliphatic heterocycles. The number of alkyl halides is 3. The van der Waals surface area contributed by atoms with Gasteiger partial charge in [0, 0.05) is 0 Å². The highest BCUT2D eigenvalue weighted by Gasteiger charge is 2.32. The highest BCUT2D eigenvalue weighted by atomic mass is 35.5. The molecule has 0 amide bonds. The van der Waals surface area contributed by atoms with Crippen LogP contribution in [0.15, 0.2) is 23.0 Å². The summed E-state index contributed by atoms with van der Waals surface area (Å²) >= 11 is 5.94. The number of terminal acetylenes is 1. The summed E-state index contributed by atoms with van der Waals surface area (Å²) in [7, 11) is 0. The van der Waals surface area contributed by atoms with Gasteiger partial charge in [0.25, 0.3) is 0 Å². The number of carbonyl (C=O) groups is 1. The number of benzene rings is 1. The molecule has 7 nitrogen and oxygen atoms in total. The Morgan fingerprint density at radius 1 is 1.35 bits per heavy atom. The largest absolute Gasteiger partial charge is 0.493 e. The van der Waals surface area contributed by atoms with E-state index in [4.69, 9.17) is 22.8 Å². The first-order chi connectivity index (χ1) is 14.4. The lowest BCUT2D eigenvalue weighted by molar-refractivity contribution is -0.149. The van der Waals surface area contributed by atoms with Crippen LogP contribution in [0.2, 0.25) is 5.02 Å². The minimum absolute atomic E-state index is 0.0677. The molecule has 0 fully saturated rings. The van der Waals surface area contributed by atoms with Crippen molar-refractivity contribution in [1.29, 1.82) is 0 Å². The van der Waals surface area contributed by atoms with Gasteiger partial charge in [0.05, 0.1) is 28.5 Å². The highest BCUT2D eigenvalue weighted by molar-refractivity contribution is 6.33. The third-order valence-electron chi connectivity index (χ3n) is 4.56. The molecule has 0 saturated heterocycles. The number of halogens is 4. The molecule has 2 rings (SSSR count). The molecule has 0 spiro atoms. The number of esters is 1. The molecule has 31 heavy (non-hydrogen) atoms. The molecule has 0 radical (unpaired) electrons. The van der Waals surface area contributed by atoms with E-state index in [1.165, 1.54) is 6.92 Å². The average Bonchev–Trinajstić information content (AvgIpc) is 2.87. The number of carbonyl (C=O) groups excluding carboxylic acids is 1. The van der Waals surface area contributed by atoms with Gasteiger partial charge in [-0.3, -0.25) is 4.57 Å². The molecule has 2 N–H and O–H groups in total. The quantitative estimate of drug-likeness (QED) is 0.488. The van der Waals surface area contributed by atoms with Gasteiger partial charge in [0.1, 0.15) is 6.04 Å². The van der Waals surface area contributed by atoms with Crippen molar-refractivity contribution in [3.05, 3.63) is 45.0 Å². The van der Waals surface area contributed by atoms with Crippen molar-refractivity contribution in [2.75, 3.05) is 5.32 Å². The van der Waals surface area contributed by atoms with E-state index in [9.17, 15) is 27.9 Å². The van der Waals surface area contributed by atoms with Crippen LogP contribution in [0.5, 0.6) is 5.88 Å². The summed E-state index contributed by atoms with van der Waals surface area (Å²) < 4.78 is 45.6. The molecule has 0 saturated carbocycles. The van der Waals surface area contributed by atoms with E-state index in [0.29, 0.717) is 0 Å². The van der Waals surface area contributed by atoms with E-state index >= 15 is 0 Å². The van der Waals surface area contributed by atoms with E-state index in [1.54, 1.807) is 13.8 Å². The topological polar surface area (TPSA) is 85.5 Å². The molecule has 11 heteroatoms. The Balaban J connectivity index is 2.19. The summed E-state index contributed by atoms with van der Waals surface area (Å²) in [6.07, 6.45) is 0.650. The lowest BCUT2D eigenvalue weighted by Crippen LogP contribution is -2.37. The van der Waals surface area contributed by atoms with Gasteiger partial charge >= 0.3 is 17.8 Å². The van der Waals surface area contributed by atoms with Gasteiger partial charge in [-0.1, -0.05) is 31.4 Å². The fourth-order valence-electron chi connectivity index (χ4n) is 2.78. The van der Waals surface area contributed by atoms with Crippen LogP contribution in [0.4, 0.5) is 18.9 Å². The number of hydrogen-bond acceptors (Lipinski definition) is 5. The summed E-state index contributed by atoms with van der Waals surface area (Å²) in [5, 5.41) is 12.7. The van der Waals surface area contributed by atoms with E-state index in [0.717, 1.165) is 27.3 Å². The standard InChI is InChI=1S/C20H21ClF3N3O4/c1-5-8-26-12(4)17(28)27(19(26)30)10-31-18(29)16(11(2)3)25-15-7-6-13(9-14(15)21)20(22,23)24/h1,6-7,9,11,16,25,28H,8,10H2,2-4H3. The van der Waals surface area contributed by atoms with Gasteiger partial charge in [0.15, 0.2) is 6.73 Å². The maximum absolute atomic E-state index is 12.8. The van der Waals surface area contributed by atoms with Crippen molar-refractivity contribution in [3.63, 3.8) is 0 Å². The van der Waals surface area contributed by atoms with E-state index in [1.807, 2.05) is 0 Å². The third kappa shape index (κ3) is 5.35. The van der Waals surface area contributed by atoms with Gasteiger partial charge in [-0.25, -0.2) is 14.2 Å². The van der Waals surface area contributed by atoms with Gasteiger partial charge in [-0.05, 0) is 31.0 Å². The lowest BCUT2D eigenvalue weighted by atomic mass is 10.0. The zero-order valence-corrected chi connectivity index (χ0v) is 17.7. The molecule has 0 aliphatic rings. The Labute approximate surface area is 181 Å². The minimum Gasteiger partial charge on any atom is -0.493 e. The Hall–Kier alpha value is -3.06. The van der Waals surface area contributed by atoms with Crippen molar-refractivity contribution in [1.82, 2.24) is 9.13 Å². The number of rotatable bonds is 7. The molecular formula is C20H21ClF3N3O4. The molecule has 0 aliphatic carbocycles. The van der Waals surface area contributed by atoms with Crippen LogP contribution in [-0.2, 0) is 29.0 Å². The first-order valence-electron chi connectivity index (χ1n) is 9.10. The predicted molar refractivity (Wildman–Crippen MR) is 109 cm³/mol. The second kappa shape index (κ2) is 9.39. The van der Waals surface area contributed by atoms with E-state index in [-0.39, 0.29) is 28.9 Å². The van der Waals surface area contributed by atoms with E-state index < -0.39 is 42.1 Å². The second-order valence-corrected chi connectivity index (χ2v) is 7.47. The summed E-state index contributed by atoms with van der Waals surface area (Å²) in [4.78, 5) is 24.9. The maximum Gasteiger partial charge on any atom is 0.416 e. The van der Waals surface area contributed by atoms with Crippen LogP contribution in [0, 0.1) is 25.2 Å². The van der Waals surface area contributed by atoms with Gasteiger partial charge in [-0.15, -0.1) is 6.42 Å². The molecule has 2 aromatic rings. The number of ether oxygens (including phenoxy) is 1. The average molecular weight is 460 g/mol. The first-order valence-corrected chi connectivity index (χ1v) is 9.48. The molecule has 1 aromatic carbocycles. The van der Waals surface area contributed by atoms with Crippen molar-refractivity contribution in [3.8, 4) is 18.2 Å². The number of nitrogens with one attached hydrogen (secondary N) is 1. The van der Waals surface area contributed by atoms with Crippen molar-refractivity contribution < 1.29 is 27.8 Å². The molecule has 1 heterocycles.